The number of para-hydroxylation sites is 1. The zero-order valence-electron chi connectivity index (χ0n) is 9.84. The number of phenolic OH excluding ortho intramolecular Hbond substituents is 1. The zero-order chi connectivity index (χ0) is 12.1. The Hall–Kier alpha value is -1.77. The number of phenols is 1. The summed E-state index contributed by atoms with van der Waals surface area (Å²) in [6, 6.07) is 6.88. The van der Waals surface area contributed by atoms with Crippen LogP contribution >= 0.6 is 0 Å². The number of allylic oxidation sites excluding steroid dienone is 1. The number of nitrogens with zero attached hydrogens (tertiary/aromatic N) is 1. The van der Waals surface area contributed by atoms with Gasteiger partial charge in [-0.3, -0.25) is 4.79 Å². The van der Waals surface area contributed by atoms with Crippen LogP contribution in [0.15, 0.2) is 36.5 Å². The van der Waals surface area contributed by atoms with Gasteiger partial charge in [-0.15, -0.1) is 0 Å². The Bertz CT molecular complexity index is 397. The van der Waals surface area contributed by atoms with E-state index in [1.807, 2.05) is 25.8 Å². The molecule has 0 saturated heterocycles. The lowest BCUT2D eigenvalue weighted by Crippen LogP contribution is -2.20. The molecular formula is C13H17NO2. The highest BCUT2D eigenvalue weighted by Crippen LogP contribution is 2.16. The van der Waals surface area contributed by atoms with Crippen molar-refractivity contribution in [2.75, 3.05) is 7.05 Å². The molecule has 1 aromatic carbocycles. The van der Waals surface area contributed by atoms with Crippen molar-refractivity contribution < 1.29 is 9.90 Å². The van der Waals surface area contributed by atoms with Crippen molar-refractivity contribution in [1.82, 2.24) is 4.90 Å². The predicted octanol–water partition coefficient (Wildman–Crippen LogP) is 2.43. The lowest BCUT2D eigenvalue weighted by molar-refractivity contribution is 0.104. The third-order valence-corrected chi connectivity index (χ3v) is 2.45. The summed E-state index contributed by atoms with van der Waals surface area (Å²) < 4.78 is 0. The molecule has 0 fully saturated rings. The first-order chi connectivity index (χ1) is 7.52. The Morgan fingerprint density at radius 2 is 2.00 bits per heavy atom. The van der Waals surface area contributed by atoms with E-state index in [1.165, 1.54) is 12.1 Å². The summed E-state index contributed by atoms with van der Waals surface area (Å²) >= 11 is 0. The zero-order valence-corrected chi connectivity index (χ0v) is 9.84. The Kier molecular flexibility index (Phi) is 4.11. The normalized spacial score (nSPS) is 11.0. The molecule has 0 aliphatic rings. The molecule has 0 amide bonds. The second-order valence-corrected chi connectivity index (χ2v) is 3.96. The molecule has 1 N–H and O–H groups in total. The molecule has 16 heavy (non-hydrogen) atoms. The van der Waals surface area contributed by atoms with Gasteiger partial charge in [-0.1, -0.05) is 12.1 Å². The molecule has 1 rings (SSSR count). The minimum Gasteiger partial charge on any atom is -0.507 e. The van der Waals surface area contributed by atoms with Crippen LogP contribution < -0.4 is 0 Å². The molecule has 0 bridgehead atoms. The Labute approximate surface area is 96.0 Å². The minimum absolute atomic E-state index is 0.0179. The van der Waals surface area contributed by atoms with Crippen LogP contribution in [0.4, 0.5) is 0 Å². The molecule has 0 spiro atoms. The van der Waals surface area contributed by atoms with Crippen LogP contribution in [-0.4, -0.2) is 28.9 Å². The van der Waals surface area contributed by atoms with E-state index >= 15 is 0 Å². The third kappa shape index (κ3) is 3.12. The molecule has 3 nitrogen and oxygen atoms in total. The van der Waals surface area contributed by atoms with Crippen molar-refractivity contribution in [2.24, 2.45) is 0 Å². The van der Waals surface area contributed by atoms with Gasteiger partial charge >= 0.3 is 0 Å². The topological polar surface area (TPSA) is 40.5 Å². The minimum atomic E-state index is -0.189. The van der Waals surface area contributed by atoms with Crippen molar-refractivity contribution in [3.05, 3.63) is 42.1 Å². The number of hydrogen-bond acceptors (Lipinski definition) is 3. The molecule has 0 atom stereocenters. The second-order valence-electron chi connectivity index (χ2n) is 3.96. The van der Waals surface area contributed by atoms with E-state index in [-0.39, 0.29) is 11.5 Å². The van der Waals surface area contributed by atoms with Crippen molar-refractivity contribution in [3.63, 3.8) is 0 Å². The molecule has 0 aliphatic heterocycles. The summed E-state index contributed by atoms with van der Waals surface area (Å²) in [5.74, 6) is -0.171. The van der Waals surface area contributed by atoms with E-state index < -0.39 is 0 Å². The van der Waals surface area contributed by atoms with Crippen molar-refractivity contribution >= 4 is 5.78 Å². The van der Waals surface area contributed by atoms with Gasteiger partial charge in [0.2, 0.25) is 0 Å². The van der Waals surface area contributed by atoms with Crippen LogP contribution in [0.1, 0.15) is 24.2 Å². The number of aromatic hydroxyl groups is 1. The van der Waals surface area contributed by atoms with E-state index in [0.29, 0.717) is 11.6 Å². The summed E-state index contributed by atoms with van der Waals surface area (Å²) in [6.45, 7) is 4.07. The molecule has 0 saturated carbocycles. The lowest BCUT2D eigenvalue weighted by atomic mass is 10.1. The maximum atomic E-state index is 11.7. The highest BCUT2D eigenvalue weighted by atomic mass is 16.3. The van der Waals surface area contributed by atoms with Gasteiger partial charge in [0.25, 0.3) is 0 Å². The molecule has 86 valence electrons. The molecule has 0 radical (unpaired) electrons. The van der Waals surface area contributed by atoms with E-state index in [1.54, 1.807) is 24.4 Å². The fourth-order valence-electron chi connectivity index (χ4n) is 1.13. The molecular weight excluding hydrogens is 202 g/mol. The highest BCUT2D eigenvalue weighted by molar-refractivity contribution is 6.06. The van der Waals surface area contributed by atoms with Crippen LogP contribution in [0.3, 0.4) is 0 Å². The first kappa shape index (κ1) is 12.3. The van der Waals surface area contributed by atoms with Crippen LogP contribution in [0, 0.1) is 0 Å². The lowest BCUT2D eigenvalue weighted by Gasteiger charge is -2.18. The average Bonchev–Trinajstić information content (AvgIpc) is 2.25. The van der Waals surface area contributed by atoms with Gasteiger partial charge < -0.3 is 10.0 Å². The van der Waals surface area contributed by atoms with Gasteiger partial charge in [0, 0.05) is 25.4 Å². The van der Waals surface area contributed by atoms with Crippen LogP contribution in [0.5, 0.6) is 5.75 Å². The molecule has 0 unspecified atom stereocenters. The Morgan fingerprint density at radius 1 is 1.38 bits per heavy atom. The first-order valence-electron chi connectivity index (χ1n) is 5.25. The maximum absolute atomic E-state index is 11.7. The summed E-state index contributed by atoms with van der Waals surface area (Å²) in [4.78, 5) is 13.6. The monoisotopic (exact) mass is 219 g/mol. The number of ketones is 1. The first-order valence-corrected chi connectivity index (χ1v) is 5.25. The fourth-order valence-corrected chi connectivity index (χ4v) is 1.13. The number of benzene rings is 1. The Balaban J connectivity index is 2.77. The van der Waals surface area contributed by atoms with Gasteiger partial charge in [0.15, 0.2) is 5.78 Å². The molecule has 0 aromatic heterocycles. The maximum Gasteiger partial charge on any atom is 0.190 e. The molecule has 0 heterocycles. The van der Waals surface area contributed by atoms with E-state index in [9.17, 15) is 9.90 Å². The molecule has 1 aromatic rings. The van der Waals surface area contributed by atoms with E-state index in [4.69, 9.17) is 0 Å². The average molecular weight is 219 g/mol. The van der Waals surface area contributed by atoms with Gasteiger partial charge in [0.05, 0.1) is 5.56 Å². The largest absolute Gasteiger partial charge is 0.507 e. The van der Waals surface area contributed by atoms with Crippen molar-refractivity contribution in [1.29, 1.82) is 0 Å². The quantitative estimate of drug-likeness (QED) is 0.624. The number of carbonyl (C=O) groups is 1. The van der Waals surface area contributed by atoms with Crippen LogP contribution in [0.25, 0.3) is 0 Å². The SMILES string of the molecule is CC(C)N(C)/C=C/C(=O)c1ccccc1O. The van der Waals surface area contributed by atoms with Gasteiger partial charge in [-0.05, 0) is 26.0 Å². The molecule has 3 heteroatoms. The summed E-state index contributed by atoms with van der Waals surface area (Å²) in [7, 11) is 1.90. The number of rotatable bonds is 4. The van der Waals surface area contributed by atoms with Gasteiger partial charge in [-0.25, -0.2) is 0 Å². The van der Waals surface area contributed by atoms with Crippen molar-refractivity contribution in [3.8, 4) is 5.75 Å². The third-order valence-electron chi connectivity index (χ3n) is 2.45. The summed E-state index contributed by atoms with van der Waals surface area (Å²) in [5.41, 5.74) is 0.330. The number of carbonyl (C=O) groups excluding carboxylic acids is 1. The highest BCUT2D eigenvalue weighted by Gasteiger charge is 2.07. The fraction of sp³-hybridized carbons (Fsp3) is 0.308. The summed E-state index contributed by atoms with van der Waals surface area (Å²) in [6.07, 6.45) is 3.19. The van der Waals surface area contributed by atoms with E-state index in [0.717, 1.165) is 0 Å². The summed E-state index contributed by atoms with van der Waals surface area (Å²) in [5, 5.41) is 9.49. The van der Waals surface area contributed by atoms with Crippen LogP contribution in [-0.2, 0) is 0 Å². The van der Waals surface area contributed by atoms with E-state index in [2.05, 4.69) is 0 Å². The Morgan fingerprint density at radius 3 is 2.56 bits per heavy atom. The van der Waals surface area contributed by atoms with Crippen LogP contribution in [0.2, 0.25) is 0 Å². The molecule has 0 aliphatic carbocycles. The second kappa shape index (κ2) is 5.35. The smallest absolute Gasteiger partial charge is 0.190 e. The van der Waals surface area contributed by atoms with Crippen molar-refractivity contribution in [2.45, 2.75) is 19.9 Å². The number of hydrogen-bond donors (Lipinski definition) is 1. The predicted molar refractivity (Wildman–Crippen MR) is 64.5 cm³/mol. The van der Waals surface area contributed by atoms with Gasteiger partial charge in [0.1, 0.15) is 5.75 Å². The standard InChI is InChI=1S/C13H17NO2/c1-10(2)14(3)9-8-13(16)11-6-4-5-7-12(11)15/h4-10,15H,1-3H3/b9-8+. The van der Waals surface area contributed by atoms with Gasteiger partial charge in [-0.2, -0.15) is 0 Å².